The molecule has 1 atom stereocenters. The van der Waals surface area contributed by atoms with Crippen LogP contribution in [0, 0.1) is 0 Å². The average Bonchev–Trinajstić information content (AvgIpc) is 3.53. The Hall–Kier alpha value is -4.61. The van der Waals surface area contributed by atoms with Crippen molar-refractivity contribution in [2.75, 3.05) is 19.6 Å². The van der Waals surface area contributed by atoms with Gasteiger partial charge in [0.15, 0.2) is 0 Å². The predicted octanol–water partition coefficient (Wildman–Crippen LogP) is 5.05. The van der Waals surface area contributed by atoms with E-state index >= 15 is 0 Å². The maximum absolute atomic E-state index is 14.1. The van der Waals surface area contributed by atoms with Gasteiger partial charge in [0.05, 0.1) is 40.3 Å². The molecule has 2 N–H and O–H groups in total. The first-order valence-corrected chi connectivity index (χ1v) is 14.3. The number of aromatic hydroxyl groups is 1. The molecule has 4 aromatic rings. The maximum Gasteiger partial charge on any atom is 0.418 e. The molecule has 222 valence electrons. The number of aromatic amines is 1. The Morgan fingerprint density at radius 2 is 1.93 bits per heavy atom. The zero-order chi connectivity index (χ0) is 30.0. The summed E-state index contributed by atoms with van der Waals surface area (Å²) in [5.41, 5.74) is 2.93. The quantitative estimate of drug-likeness (QED) is 0.324. The van der Waals surface area contributed by atoms with Gasteiger partial charge in [-0.1, -0.05) is 19.1 Å². The van der Waals surface area contributed by atoms with E-state index in [1.807, 2.05) is 12.1 Å². The van der Waals surface area contributed by atoms with Crippen LogP contribution in [0.2, 0.25) is 0 Å². The third kappa shape index (κ3) is 4.38. The lowest BCUT2D eigenvalue weighted by Crippen LogP contribution is -2.45. The minimum absolute atomic E-state index is 0.0747. The molecule has 43 heavy (non-hydrogen) atoms. The summed E-state index contributed by atoms with van der Waals surface area (Å²) in [4.78, 5) is 30.1. The van der Waals surface area contributed by atoms with Crippen molar-refractivity contribution in [3.8, 4) is 11.4 Å². The largest absolute Gasteiger partial charge is 0.506 e. The van der Waals surface area contributed by atoms with Crippen LogP contribution in [-0.2, 0) is 23.8 Å². The molecule has 2 aromatic heterocycles. The first kappa shape index (κ1) is 27.2. The SMILES string of the molecule is C=CC(=O)N1CCc2nn(-c3ccc(C4CCC4)cc3O)c3c2C(C1)N(C(=O)c1ccc(C(F)(F)F)c2[nH]ncc12)CC3. The van der Waals surface area contributed by atoms with Gasteiger partial charge in [-0.3, -0.25) is 14.7 Å². The van der Waals surface area contributed by atoms with Gasteiger partial charge in [-0.05, 0) is 54.7 Å². The zero-order valence-electron chi connectivity index (χ0n) is 23.2. The maximum atomic E-state index is 14.1. The molecule has 7 rings (SSSR count). The molecule has 2 amide bonds. The number of nitrogens with zero attached hydrogens (tertiary/aromatic N) is 5. The molecule has 2 aliphatic heterocycles. The van der Waals surface area contributed by atoms with Gasteiger partial charge in [0.2, 0.25) is 5.91 Å². The lowest BCUT2D eigenvalue weighted by atomic mass is 9.80. The molecule has 1 saturated carbocycles. The van der Waals surface area contributed by atoms with E-state index in [-0.39, 0.29) is 41.2 Å². The number of fused-ring (bicyclic) bond motifs is 1. The minimum Gasteiger partial charge on any atom is -0.506 e. The second kappa shape index (κ2) is 9.99. The topological polar surface area (TPSA) is 107 Å². The average molecular weight is 591 g/mol. The number of carbonyl (C=O) groups is 2. The van der Waals surface area contributed by atoms with Gasteiger partial charge in [-0.15, -0.1) is 0 Å². The summed E-state index contributed by atoms with van der Waals surface area (Å²) in [6, 6.07) is 7.19. The number of carbonyl (C=O) groups excluding carboxylic acids is 2. The van der Waals surface area contributed by atoms with E-state index in [9.17, 15) is 27.9 Å². The number of benzene rings is 2. The Morgan fingerprint density at radius 3 is 2.63 bits per heavy atom. The Balaban J connectivity index is 1.31. The molecule has 9 nitrogen and oxygen atoms in total. The normalized spacial score (nSPS) is 18.7. The fourth-order valence-corrected chi connectivity index (χ4v) is 6.69. The number of phenols is 1. The number of H-pyrrole nitrogens is 1. The monoisotopic (exact) mass is 590 g/mol. The van der Waals surface area contributed by atoms with Gasteiger partial charge in [-0.25, -0.2) is 4.68 Å². The highest BCUT2D eigenvalue weighted by atomic mass is 19.4. The Labute approximate surface area is 244 Å². The van der Waals surface area contributed by atoms with E-state index in [0.29, 0.717) is 36.7 Å². The Bertz CT molecular complexity index is 1790. The van der Waals surface area contributed by atoms with Gasteiger partial charge in [-0.2, -0.15) is 23.4 Å². The third-order valence-electron chi connectivity index (χ3n) is 9.11. The molecule has 0 saturated heterocycles. The summed E-state index contributed by atoms with van der Waals surface area (Å²) in [5.74, 6) is -0.163. The summed E-state index contributed by atoms with van der Waals surface area (Å²) in [6.45, 7) is 4.37. The highest BCUT2D eigenvalue weighted by Gasteiger charge is 2.41. The summed E-state index contributed by atoms with van der Waals surface area (Å²) in [5, 5.41) is 22.2. The van der Waals surface area contributed by atoms with Gasteiger partial charge in [0.1, 0.15) is 11.4 Å². The molecule has 4 heterocycles. The van der Waals surface area contributed by atoms with E-state index in [1.54, 1.807) is 20.5 Å². The second-order valence-corrected chi connectivity index (χ2v) is 11.4. The highest BCUT2D eigenvalue weighted by Crippen LogP contribution is 2.42. The predicted molar refractivity (Wildman–Crippen MR) is 151 cm³/mol. The van der Waals surface area contributed by atoms with Gasteiger partial charge in [0, 0.05) is 43.4 Å². The van der Waals surface area contributed by atoms with Crippen molar-refractivity contribution < 1.29 is 27.9 Å². The highest BCUT2D eigenvalue weighted by molar-refractivity contribution is 6.07. The number of hydrogen-bond acceptors (Lipinski definition) is 5. The van der Waals surface area contributed by atoms with Crippen molar-refractivity contribution in [1.82, 2.24) is 29.8 Å². The minimum atomic E-state index is -4.62. The van der Waals surface area contributed by atoms with Crippen LogP contribution >= 0.6 is 0 Å². The first-order valence-electron chi connectivity index (χ1n) is 14.3. The van der Waals surface area contributed by atoms with Crippen molar-refractivity contribution >= 4 is 22.7 Å². The van der Waals surface area contributed by atoms with Crippen molar-refractivity contribution in [2.24, 2.45) is 0 Å². The van der Waals surface area contributed by atoms with Gasteiger partial charge in [0.25, 0.3) is 5.91 Å². The molecule has 0 radical (unpaired) electrons. The molecule has 3 aliphatic rings. The van der Waals surface area contributed by atoms with Crippen LogP contribution < -0.4 is 0 Å². The number of rotatable bonds is 4. The lowest BCUT2D eigenvalue weighted by molar-refractivity contribution is -0.136. The fourth-order valence-electron chi connectivity index (χ4n) is 6.69. The fraction of sp³-hybridized carbons (Fsp3) is 0.355. The number of phenolic OH excluding ortho intramolecular Hbond substituents is 1. The molecular weight excluding hydrogens is 561 g/mol. The Morgan fingerprint density at radius 1 is 1.12 bits per heavy atom. The molecule has 0 bridgehead atoms. The van der Waals surface area contributed by atoms with E-state index < -0.39 is 23.7 Å². The summed E-state index contributed by atoms with van der Waals surface area (Å²) in [6.07, 6.45) is 2.07. The third-order valence-corrected chi connectivity index (χ3v) is 9.11. The number of amides is 2. The first-order chi connectivity index (χ1) is 20.7. The summed E-state index contributed by atoms with van der Waals surface area (Å²) >= 11 is 0. The number of nitrogens with one attached hydrogen (secondary N) is 1. The molecule has 0 spiro atoms. The molecule has 12 heteroatoms. The van der Waals surface area contributed by atoms with E-state index in [0.717, 1.165) is 35.7 Å². The number of alkyl halides is 3. The lowest BCUT2D eigenvalue weighted by Gasteiger charge is -2.38. The molecule has 1 aliphatic carbocycles. The molecule has 1 fully saturated rings. The van der Waals surface area contributed by atoms with Crippen LogP contribution in [0.25, 0.3) is 16.6 Å². The van der Waals surface area contributed by atoms with Crippen LogP contribution in [0.3, 0.4) is 0 Å². The van der Waals surface area contributed by atoms with Crippen molar-refractivity contribution in [2.45, 2.75) is 50.2 Å². The second-order valence-electron chi connectivity index (χ2n) is 11.4. The number of halogens is 3. The van der Waals surface area contributed by atoms with Crippen molar-refractivity contribution in [3.05, 3.63) is 82.8 Å². The molecule has 1 unspecified atom stereocenters. The van der Waals surface area contributed by atoms with Crippen molar-refractivity contribution in [3.63, 3.8) is 0 Å². The van der Waals surface area contributed by atoms with E-state index in [4.69, 9.17) is 5.10 Å². The Kier molecular flexibility index (Phi) is 6.33. The summed E-state index contributed by atoms with van der Waals surface area (Å²) < 4.78 is 42.7. The molecule has 2 aromatic carbocycles. The smallest absolute Gasteiger partial charge is 0.418 e. The van der Waals surface area contributed by atoms with Crippen LogP contribution in [-0.4, -0.2) is 66.3 Å². The van der Waals surface area contributed by atoms with Crippen molar-refractivity contribution in [1.29, 1.82) is 0 Å². The van der Waals surface area contributed by atoms with Gasteiger partial charge >= 0.3 is 6.18 Å². The van der Waals surface area contributed by atoms with Crippen LogP contribution in [0.5, 0.6) is 5.75 Å². The van der Waals surface area contributed by atoms with Crippen LogP contribution in [0.4, 0.5) is 13.2 Å². The van der Waals surface area contributed by atoms with E-state index in [1.165, 1.54) is 24.8 Å². The molecular formula is C31H29F3N6O3. The number of aromatic nitrogens is 4. The summed E-state index contributed by atoms with van der Waals surface area (Å²) in [7, 11) is 0. The van der Waals surface area contributed by atoms with E-state index in [2.05, 4.69) is 16.8 Å². The van der Waals surface area contributed by atoms with Crippen LogP contribution in [0.15, 0.2) is 49.2 Å². The standard InChI is InChI=1S/C31H29F3N6O3/c1-2-27(42)38-12-10-22-28-24(40(37-22)23-9-6-18(14-26(23)41)17-4-3-5-17)11-13-39(25(28)16-38)30(43)19-7-8-21(31(32,33)34)29-20(19)15-35-36-29/h2,6-9,14-15,17,25,41H,1,3-5,10-13,16H2,(H,35,36). The van der Waals surface area contributed by atoms with Gasteiger partial charge < -0.3 is 14.9 Å². The zero-order valence-corrected chi connectivity index (χ0v) is 23.2. The number of hydrogen-bond donors (Lipinski definition) is 2. The van der Waals surface area contributed by atoms with Crippen LogP contribution in [0.1, 0.15) is 69.7 Å².